The molecule has 4 nitrogen and oxygen atoms in total. The number of hydrogen-bond acceptors (Lipinski definition) is 6. The minimum atomic E-state index is 0.264. The maximum Gasteiger partial charge on any atom is 0.131 e. The molecule has 6 heteroatoms. The molecule has 0 aromatic carbocycles. The van der Waals surface area contributed by atoms with Gasteiger partial charge < -0.3 is 5.32 Å². The zero-order valence-corrected chi connectivity index (χ0v) is 10.2. The van der Waals surface area contributed by atoms with Gasteiger partial charge in [0.1, 0.15) is 10.0 Å². The topological polar surface area (TPSA) is 50.7 Å². The Hall–Kier alpha value is -0.850. The molecule has 0 saturated heterocycles. The highest BCUT2D eigenvalue weighted by Crippen LogP contribution is 2.14. The molecule has 0 bridgehead atoms. The largest absolute Gasteiger partial charge is 0.302 e. The van der Waals surface area contributed by atoms with E-state index in [1.165, 1.54) is 0 Å². The molecule has 0 aliphatic heterocycles. The molecule has 0 aliphatic carbocycles. The van der Waals surface area contributed by atoms with Gasteiger partial charge in [0.15, 0.2) is 0 Å². The molecular weight excluding hydrogens is 228 g/mol. The van der Waals surface area contributed by atoms with Crippen LogP contribution in [0, 0.1) is 6.92 Å². The van der Waals surface area contributed by atoms with Gasteiger partial charge in [0, 0.05) is 11.4 Å². The van der Waals surface area contributed by atoms with E-state index < -0.39 is 0 Å². The second-order valence-electron chi connectivity index (χ2n) is 3.23. The fraction of sp³-hybridized carbons (Fsp3) is 0.444. The fourth-order valence-electron chi connectivity index (χ4n) is 1.19. The Bertz CT molecular complexity index is 409. The number of rotatable bonds is 4. The molecular formula is C9H12N4S2. The van der Waals surface area contributed by atoms with E-state index in [4.69, 9.17) is 0 Å². The third-order valence-electron chi connectivity index (χ3n) is 2.02. The van der Waals surface area contributed by atoms with E-state index in [0.717, 1.165) is 22.3 Å². The molecule has 15 heavy (non-hydrogen) atoms. The summed E-state index contributed by atoms with van der Waals surface area (Å²) in [6, 6.07) is 0.264. The van der Waals surface area contributed by atoms with Crippen LogP contribution in [0.2, 0.25) is 0 Å². The van der Waals surface area contributed by atoms with Crippen LogP contribution in [-0.2, 0) is 6.54 Å². The van der Waals surface area contributed by atoms with Gasteiger partial charge in [-0.3, -0.25) is 0 Å². The Morgan fingerprint density at radius 2 is 2.33 bits per heavy atom. The summed E-state index contributed by atoms with van der Waals surface area (Å²) in [7, 11) is 0. The summed E-state index contributed by atoms with van der Waals surface area (Å²) in [5, 5.41) is 15.5. The zero-order chi connectivity index (χ0) is 10.7. The summed E-state index contributed by atoms with van der Waals surface area (Å²) in [5.41, 5.74) is 2.93. The van der Waals surface area contributed by atoms with Crippen LogP contribution < -0.4 is 5.32 Å². The number of aromatic nitrogens is 3. The monoisotopic (exact) mass is 240 g/mol. The van der Waals surface area contributed by atoms with Gasteiger partial charge in [0.05, 0.1) is 17.7 Å². The molecule has 2 aromatic heterocycles. The van der Waals surface area contributed by atoms with Crippen molar-refractivity contribution in [3.05, 3.63) is 26.6 Å². The molecule has 2 aromatic rings. The lowest BCUT2D eigenvalue weighted by Gasteiger charge is -2.08. The number of aryl methyl sites for hydroxylation is 1. The lowest BCUT2D eigenvalue weighted by molar-refractivity contribution is 0.560. The third-order valence-corrected chi connectivity index (χ3v) is 3.47. The van der Waals surface area contributed by atoms with Crippen molar-refractivity contribution in [3.8, 4) is 0 Å². The summed E-state index contributed by atoms with van der Waals surface area (Å²) < 4.78 is 0. The minimum absolute atomic E-state index is 0.264. The third kappa shape index (κ3) is 2.80. The van der Waals surface area contributed by atoms with Crippen LogP contribution in [0.5, 0.6) is 0 Å². The minimum Gasteiger partial charge on any atom is -0.302 e. The number of thiazole rings is 1. The number of hydrogen-bond donors (Lipinski definition) is 1. The summed E-state index contributed by atoms with van der Waals surface area (Å²) in [4.78, 5) is 4.26. The first kappa shape index (κ1) is 10.7. The highest BCUT2D eigenvalue weighted by molar-refractivity contribution is 7.11. The first-order chi connectivity index (χ1) is 7.25. The Morgan fingerprint density at radius 1 is 1.47 bits per heavy atom. The maximum absolute atomic E-state index is 4.26. The second-order valence-corrected chi connectivity index (χ2v) is 5.22. The second kappa shape index (κ2) is 4.78. The Morgan fingerprint density at radius 3 is 2.93 bits per heavy atom. The summed E-state index contributed by atoms with van der Waals surface area (Å²) in [6.45, 7) is 4.82. The molecule has 80 valence electrons. The van der Waals surface area contributed by atoms with Crippen molar-refractivity contribution < 1.29 is 0 Å². The van der Waals surface area contributed by atoms with E-state index in [9.17, 15) is 0 Å². The van der Waals surface area contributed by atoms with E-state index in [0.29, 0.717) is 0 Å². The van der Waals surface area contributed by atoms with Gasteiger partial charge >= 0.3 is 0 Å². The molecule has 0 amide bonds. The molecule has 0 fully saturated rings. The zero-order valence-electron chi connectivity index (χ0n) is 8.60. The van der Waals surface area contributed by atoms with Gasteiger partial charge in [0.25, 0.3) is 0 Å². The fourth-order valence-corrected chi connectivity index (χ4v) is 2.50. The van der Waals surface area contributed by atoms with Crippen LogP contribution in [0.1, 0.15) is 28.7 Å². The normalized spacial score (nSPS) is 12.9. The number of nitrogens with zero attached hydrogens (tertiary/aromatic N) is 3. The highest BCUT2D eigenvalue weighted by Gasteiger charge is 2.07. The molecule has 0 aliphatic rings. The van der Waals surface area contributed by atoms with Gasteiger partial charge in [-0.1, -0.05) is 0 Å². The predicted octanol–water partition coefficient (Wildman–Crippen LogP) is 2.15. The van der Waals surface area contributed by atoms with Gasteiger partial charge in [-0.25, -0.2) is 4.98 Å². The van der Waals surface area contributed by atoms with Crippen LogP contribution in [0.25, 0.3) is 0 Å². The Kier molecular flexibility index (Phi) is 3.40. The van der Waals surface area contributed by atoms with Crippen molar-refractivity contribution in [2.24, 2.45) is 0 Å². The first-order valence-electron chi connectivity index (χ1n) is 4.66. The lowest BCUT2D eigenvalue weighted by Crippen LogP contribution is -2.18. The predicted molar refractivity (Wildman–Crippen MR) is 62.0 cm³/mol. The molecule has 2 heterocycles. The van der Waals surface area contributed by atoms with E-state index in [2.05, 4.69) is 32.8 Å². The van der Waals surface area contributed by atoms with Crippen LogP contribution in [0.4, 0.5) is 0 Å². The van der Waals surface area contributed by atoms with Crippen LogP contribution in [-0.4, -0.2) is 15.2 Å². The number of nitrogens with one attached hydrogen (secondary N) is 1. The van der Waals surface area contributed by atoms with Crippen LogP contribution >= 0.6 is 22.7 Å². The van der Waals surface area contributed by atoms with Gasteiger partial charge in [0.2, 0.25) is 0 Å². The van der Waals surface area contributed by atoms with Gasteiger partial charge in [-0.05, 0) is 13.8 Å². The van der Waals surface area contributed by atoms with Crippen LogP contribution in [0.15, 0.2) is 10.9 Å². The summed E-state index contributed by atoms with van der Waals surface area (Å²) in [5.74, 6) is 0. The first-order valence-corrected chi connectivity index (χ1v) is 6.42. The van der Waals surface area contributed by atoms with Crippen molar-refractivity contribution in [2.75, 3.05) is 0 Å². The summed E-state index contributed by atoms with van der Waals surface area (Å²) >= 11 is 3.24. The smallest absolute Gasteiger partial charge is 0.131 e. The molecule has 0 spiro atoms. The SMILES string of the molecule is Cc1nnc(CNC(C)c2cscn2)s1. The van der Waals surface area contributed by atoms with Crippen molar-refractivity contribution in [1.29, 1.82) is 0 Å². The van der Waals surface area contributed by atoms with Crippen molar-refractivity contribution in [1.82, 2.24) is 20.5 Å². The van der Waals surface area contributed by atoms with E-state index in [1.54, 1.807) is 22.7 Å². The standard InChI is InChI=1S/C9H12N4S2/c1-6(8-4-14-5-11-8)10-3-9-13-12-7(2)15-9/h4-6,10H,3H2,1-2H3. The quantitative estimate of drug-likeness (QED) is 0.889. The van der Waals surface area contributed by atoms with Gasteiger partial charge in [-0.2, -0.15) is 0 Å². The molecule has 2 rings (SSSR count). The molecule has 0 saturated carbocycles. The molecule has 1 unspecified atom stereocenters. The average molecular weight is 240 g/mol. The average Bonchev–Trinajstić information content (AvgIpc) is 2.84. The van der Waals surface area contributed by atoms with E-state index in [1.807, 2.05) is 12.4 Å². The molecule has 1 atom stereocenters. The van der Waals surface area contributed by atoms with E-state index in [-0.39, 0.29) is 6.04 Å². The van der Waals surface area contributed by atoms with Crippen LogP contribution in [0.3, 0.4) is 0 Å². The molecule has 1 N–H and O–H groups in total. The van der Waals surface area contributed by atoms with Gasteiger partial charge in [-0.15, -0.1) is 32.9 Å². The highest BCUT2D eigenvalue weighted by atomic mass is 32.1. The van der Waals surface area contributed by atoms with Crippen molar-refractivity contribution in [2.45, 2.75) is 26.4 Å². The Balaban J connectivity index is 1.88. The Labute approximate surface area is 96.4 Å². The van der Waals surface area contributed by atoms with Crippen molar-refractivity contribution in [3.63, 3.8) is 0 Å². The van der Waals surface area contributed by atoms with Crippen molar-refractivity contribution >= 4 is 22.7 Å². The maximum atomic E-state index is 4.26. The van der Waals surface area contributed by atoms with E-state index >= 15 is 0 Å². The summed E-state index contributed by atoms with van der Waals surface area (Å²) in [6.07, 6.45) is 0. The lowest BCUT2D eigenvalue weighted by atomic mass is 10.2. The molecule has 0 radical (unpaired) electrons.